The van der Waals surface area contributed by atoms with Crippen LogP contribution in [0.15, 0.2) is 30.6 Å². The molecule has 1 unspecified atom stereocenters. The fourth-order valence-corrected chi connectivity index (χ4v) is 2.17. The molecule has 102 valence electrons. The van der Waals surface area contributed by atoms with Crippen molar-refractivity contribution in [1.82, 2.24) is 20.5 Å². The van der Waals surface area contributed by atoms with Gasteiger partial charge in [-0.1, -0.05) is 45.0 Å². The maximum atomic E-state index is 4.25. The molecule has 0 aliphatic heterocycles. The highest BCUT2D eigenvalue weighted by Gasteiger charge is 2.13. The molecule has 1 atom stereocenters. The van der Waals surface area contributed by atoms with Crippen molar-refractivity contribution in [3.8, 4) is 0 Å². The Bertz CT molecular complexity index is 473. The number of benzene rings is 1. The van der Waals surface area contributed by atoms with Crippen LogP contribution in [0.25, 0.3) is 0 Å². The van der Waals surface area contributed by atoms with Crippen molar-refractivity contribution in [2.45, 2.75) is 39.2 Å². The maximum absolute atomic E-state index is 4.25. The van der Waals surface area contributed by atoms with E-state index < -0.39 is 0 Å². The predicted molar refractivity (Wildman–Crippen MR) is 77.0 cm³/mol. The summed E-state index contributed by atoms with van der Waals surface area (Å²) < 4.78 is 0. The predicted octanol–water partition coefficient (Wildman–Crippen LogP) is 2.82. The summed E-state index contributed by atoms with van der Waals surface area (Å²) in [6, 6.07) is 9.02. The lowest BCUT2D eigenvalue weighted by molar-refractivity contribution is 0.523. The second-order valence-electron chi connectivity index (χ2n) is 5.08. The third-order valence-corrected chi connectivity index (χ3v) is 3.30. The van der Waals surface area contributed by atoms with Crippen LogP contribution in [0.2, 0.25) is 0 Å². The topological polar surface area (TPSA) is 53.6 Å². The Hall–Kier alpha value is -1.68. The van der Waals surface area contributed by atoms with Crippen LogP contribution in [0.1, 0.15) is 49.7 Å². The van der Waals surface area contributed by atoms with E-state index in [1.807, 2.05) is 0 Å². The highest BCUT2D eigenvalue weighted by atomic mass is 15.2. The number of likely N-dealkylation sites (N-methyl/N-ethyl adjacent to an activating group) is 1. The zero-order valence-electron chi connectivity index (χ0n) is 11.9. The van der Waals surface area contributed by atoms with Crippen LogP contribution < -0.4 is 5.32 Å². The minimum atomic E-state index is 0.192. The summed E-state index contributed by atoms with van der Waals surface area (Å²) in [6.07, 6.45) is 2.48. The Labute approximate surface area is 114 Å². The lowest BCUT2D eigenvalue weighted by Crippen LogP contribution is -2.24. The monoisotopic (exact) mass is 258 g/mol. The zero-order chi connectivity index (χ0) is 13.7. The fourth-order valence-electron chi connectivity index (χ4n) is 2.17. The molecule has 1 heterocycles. The first kappa shape index (κ1) is 13.7. The molecule has 19 heavy (non-hydrogen) atoms. The molecule has 0 amide bonds. The van der Waals surface area contributed by atoms with Gasteiger partial charge in [0.25, 0.3) is 0 Å². The summed E-state index contributed by atoms with van der Waals surface area (Å²) in [7, 11) is 0. The van der Waals surface area contributed by atoms with Gasteiger partial charge in [-0.15, -0.1) is 0 Å². The van der Waals surface area contributed by atoms with E-state index in [0.717, 1.165) is 18.8 Å². The van der Waals surface area contributed by atoms with Gasteiger partial charge in [0.15, 0.2) is 0 Å². The van der Waals surface area contributed by atoms with Gasteiger partial charge in [0.1, 0.15) is 12.2 Å². The number of aromatic amines is 1. The number of hydrogen-bond donors (Lipinski definition) is 2. The maximum Gasteiger partial charge on any atom is 0.141 e. The molecule has 4 heteroatoms. The molecule has 0 aliphatic rings. The van der Waals surface area contributed by atoms with Crippen molar-refractivity contribution in [3.63, 3.8) is 0 Å². The number of rotatable bonds is 6. The molecule has 0 spiro atoms. The van der Waals surface area contributed by atoms with Gasteiger partial charge in [0.05, 0.1) is 6.04 Å². The van der Waals surface area contributed by atoms with Crippen molar-refractivity contribution in [2.75, 3.05) is 6.54 Å². The molecule has 2 N–H and O–H groups in total. The SMILES string of the molecule is CCNC(Cc1ccc(C(C)C)cc1)c1ncn[nH]1. The molecule has 0 saturated heterocycles. The van der Waals surface area contributed by atoms with Crippen LogP contribution in [0.3, 0.4) is 0 Å². The van der Waals surface area contributed by atoms with Gasteiger partial charge >= 0.3 is 0 Å². The van der Waals surface area contributed by atoms with E-state index in [1.54, 1.807) is 6.33 Å². The Balaban J connectivity index is 2.09. The minimum absolute atomic E-state index is 0.192. The molecular formula is C15H22N4. The second kappa shape index (κ2) is 6.48. The van der Waals surface area contributed by atoms with Crippen LogP contribution >= 0.6 is 0 Å². The Morgan fingerprint density at radius 2 is 1.95 bits per heavy atom. The van der Waals surface area contributed by atoms with Gasteiger partial charge in [-0.05, 0) is 30.0 Å². The number of nitrogens with zero attached hydrogens (tertiary/aromatic N) is 2. The van der Waals surface area contributed by atoms with E-state index in [0.29, 0.717) is 5.92 Å². The Morgan fingerprint density at radius 3 is 2.47 bits per heavy atom. The number of aromatic nitrogens is 3. The lowest BCUT2D eigenvalue weighted by Gasteiger charge is -2.15. The minimum Gasteiger partial charge on any atom is -0.307 e. The standard InChI is InChI=1S/C15H22N4/c1-4-16-14(15-17-10-18-19-15)9-12-5-7-13(8-6-12)11(2)3/h5-8,10-11,14,16H,4,9H2,1-3H3,(H,17,18,19). The molecule has 1 aromatic heterocycles. The van der Waals surface area contributed by atoms with Gasteiger partial charge in [-0.25, -0.2) is 4.98 Å². The van der Waals surface area contributed by atoms with E-state index in [4.69, 9.17) is 0 Å². The largest absolute Gasteiger partial charge is 0.307 e. The third-order valence-electron chi connectivity index (χ3n) is 3.30. The molecule has 0 fully saturated rings. The molecule has 0 radical (unpaired) electrons. The van der Waals surface area contributed by atoms with E-state index in [-0.39, 0.29) is 6.04 Å². The summed E-state index contributed by atoms with van der Waals surface area (Å²) in [5.74, 6) is 1.47. The lowest BCUT2D eigenvalue weighted by atomic mass is 9.99. The first-order valence-corrected chi connectivity index (χ1v) is 6.88. The van der Waals surface area contributed by atoms with Crippen molar-refractivity contribution < 1.29 is 0 Å². The van der Waals surface area contributed by atoms with Crippen LogP contribution in [0, 0.1) is 0 Å². The molecule has 2 aromatic rings. The van der Waals surface area contributed by atoms with E-state index >= 15 is 0 Å². The van der Waals surface area contributed by atoms with Gasteiger partial charge < -0.3 is 5.32 Å². The highest BCUT2D eigenvalue weighted by Crippen LogP contribution is 2.18. The molecule has 0 saturated carbocycles. The van der Waals surface area contributed by atoms with Crippen LogP contribution in [-0.4, -0.2) is 21.7 Å². The van der Waals surface area contributed by atoms with Crippen molar-refractivity contribution >= 4 is 0 Å². The fraction of sp³-hybridized carbons (Fsp3) is 0.467. The van der Waals surface area contributed by atoms with Crippen molar-refractivity contribution in [3.05, 3.63) is 47.5 Å². The van der Waals surface area contributed by atoms with E-state index in [2.05, 4.69) is 65.5 Å². The van der Waals surface area contributed by atoms with Crippen molar-refractivity contribution in [2.24, 2.45) is 0 Å². The van der Waals surface area contributed by atoms with Crippen LogP contribution in [0.4, 0.5) is 0 Å². The summed E-state index contributed by atoms with van der Waals surface area (Å²) in [5, 5.41) is 10.3. The Morgan fingerprint density at radius 1 is 1.21 bits per heavy atom. The molecule has 2 rings (SSSR count). The third kappa shape index (κ3) is 3.64. The van der Waals surface area contributed by atoms with Crippen molar-refractivity contribution in [1.29, 1.82) is 0 Å². The number of nitrogens with one attached hydrogen (secondary N) is 2. The summed E-state index contributed by atoms with van der Waals surface area (Å²) >= 11 is 0. The van der Waals surface area contributed by atoms with Gasteiger partial charge in [0, 0.05) is 0 Å². The first-order valence-electron chi connectivity index (χ1n) is 6.88. The average molecular weight is 258 g/mol. The molecular weight excluding hydrogens is 236 g/mol. The molecule has 0 bridgehead atoms. The summed E-state index contributed by atoms with van der Waals surface area (Å²) in [5.41, 5.74) is 2.69. The first-order chi connectivity index (χ1) is 9.20. The summed E-state index contributed by atoms with van der Waals surface area (Å²) in [4.78, 5) is 4.25. The molecule has 1 aromatic carbocycles. The highest BCUT2D eigenvalue weighted by molar-refractivity contribution is 5.25. The smallest absolute Gasteiger partial charge is 0.141 e. The zero-order valence-corrected chi connectivity index (χ0v) is 11.9. The quantitative estimate of drug-likeness (QED) is 0.837. The Kier molecular flexibility index (Phi) is 4.68. The van der Waals surface area contributed by atoms with E-state index in [1.165, 1.54) is 11.1 Å². The normalized spacial score (nSPS) is 12.8. The molecule has 0 aliphatic carbocycles. The van der Waals surface area contributed by atoms with Gasteiger partial charge in [-0.2, -0.15) is 5.10 Å². The van der Waals surface area contributed by atoms with Gasteiger partial charge in [0.2, 0.25) is 0 Å². The van der Waals surface area contributed by atoms with Crippen LogP contribution in [-0.2, 0) is 6.42 Å². The average Bonchev–Trinajstić information content (AvgIpc) is 2.92. The summed E-state index contributed by atoms with van der Waals surface area (Å²) in [6.45, 7) is 7.44. The van der Waals surface area contributed by atoms with Gasteiger partial charge in [-0.3, -0.25) is 5.10 Å². The van der Waals surface area contributed by atoms with E-state index in [9.17, 15) is 0 Å². The second-order valence-corrected chi connectivity index (χ2v) is 5.08. The number of hydrogen-bond acceptors (Lipinski definition) is 3. The molecule has 4 nitrogen and oxygen atoms in total. The number of H-pyrrole nitrogens is 1. The van der Waals surface area contributed by atoms with Crippen LogP contribution in [0.5, 0.6) is 0 Å².